The Morgan fingerprint density at radius 2 is 1.83 bits per heavy atom. The Kier molecular flexibility index (Phi) is 4.47. The van der Waals surface area contributed by atoms with Gasteiger partial charge in [-0.1, -0.05) is 37.6 Å². The van der Waals surface area contributed by atoms with Crippen LogP contribution in [0.1, 0.15) is 25.2 Å². The van der Waals surface area contributed by atoms with Gasteiger partial charge in [-0.2, -0.15) is 18.3 Å². The number of rotatable bonds is 1. The van der Waals surface area contributed by atoms with Crippen molar-refractivity contribution in [3.63, 3.8) is 0 Å². The molecule has 0 saturated heterocycles. The normalized spacial score (nSPS) is 10.8. The summed E-state index contributed by atoms with van der Waals surface area (Å²) in [5, 5.41) is 5.42. The van der Waals surface area contributed by atoms with E-state index in [9.17, 15) is 13.2 Å². The van der Waals surface area contributed by atoms with Gasteiger partial charge in [0.25, 0.3) is 0 Å². The highest BCUT2D eigenvalue weighted by Crippen LogP contribution is 2.27. The van der Waals surface area contributed by atoms with Crippen molar-refractivity contribution in [1.82, 2.24) is 15.2 Å². The molecule has 0 radical (unpaired) electrons. The Morgan fingerprint density at radius 1 is 1.17 bits per heavy atom. The second kappa shape index (κ2) is 5.66. The number of hydrogen-bond donors (Lipinski definition) is 1. The van der Waals surface area contributed by atoms with E-state index in [0.717, 1.165) is 5.56 Å². The van der Waals surface area contributed by atoms with Crippen LogP contribution in [0.25, 0.3) is 11.4 Å². The molecular weight excluding hydrogens is 243 g/mol. The Balaban J connectivity index is 0.000000771. The summed E-state index contributed by atoms with van der Waals surface area (Å²) in [5.41, 5.74) is 1.50. The molecule has 0 unspecified atom stereocenters. The molecule has 0 aliphatic heterocycles. The summed E-state index contributed by atoms with van der Waals surface area (Å²) in [4.78, 5) is 3.40. The van der Waals surface area contributed by atoms with Gasteiger partial charge in [-0.25, -0.2) is 4.98 Å². The Bertz CT molecular complexity index is 503. The van der Waals surface area contributed by atoms with E-state index < -0.39 is 12.0 Å². The molecule has 0 amide bonds. The first-order chi connectivity index (χ1) is 8.47. The van der Waals surface area contributed by atoms with Crippen molar-refractivity contribution in [3.8, 4) is 11.4 Å². The molecule has 1 aromatic carbocycles. The van der Waals surface area contributed by atoms with Crippen molar-refractivity contribution in [1.29, 1.82) is 0 Å². The zero-order chi connectivity index (χ0) is 13.8. The molecule has 3 nitrogen and oxygen atoms in total. The average Bonchev–Trinajstić information content (AvgIpc) is 2.80. The van der Waals surface area contributed by atoms with Crippen molar-refractivity contribution in [2.45, 2.75) is 26.9 Å². The van der Waals surface area contributed by atoms with Crippen LogP contribution in [0.2, 0.25) is 0 Å². The first-order valence-corrected chi connectivity index (χ1v) is 5.53. The third-order valence-electron chi connectivity index (χ3n) is 2.03. The van der Waals surface area contributed by atoms with Gasteiger partial charge in [-0.3, -0.25) is 5.10 Å². The zero-order valence-corrected chi connectivity index (χ0v) is 10.3. The lowest BCUT2D eigenvalue weighted by molar-refractivity contribution is -0.144. The molecular formula is C12H14F3N3. The minimum atomic E-state index is -4.49. The molecule has 6 heteroatoms. The minimum Gasteiger partial charge on any atom is -0.255 e. The monoisotopic (exact) mass is 257 g/mol. The maximum absolute atomic E-state index is 12.3. The van der Waals surface area contributed by atoms with E-state index in [1.807, 2.05) is 31.9 Å². The molecule has 1 N–H and O–H groups in total. The summed E-state index contributed by atoms with van der Waals surface area (Å²) in [6.07, 6.45) is -4.49. The van der Waals surface area contributed by atoms with Crippen LogP contribution in [0, 0.1) is 6.92 Å². The molecule has 0 aliphatic rings. The maximum atomic E-state index is 12.3. The van der Waals surface area contributed by atoms with E-state index in [1.165, 1.54) is 0 Å². The van der Waals surface area contributed by atoms with Crippen molar-refractivity contribution in [3.05, 3.63) is 35.7 Å². The van der Waals surface area contributed by atoms with E-state index >= 15 is 0 Å². The fraction of sp³-hybridized carbons (Fsp3) is 0.333. The minimum absolute atomic E-state index is 0.0519. The summed E-state index contributed by atoms with van der Waals surface area (Å²) >= 11 is 0. The highest BCUT2D eigenvalue weighted by Gasteiger charge is 2.35. The molecule has 2 rings (SSSR count). The van der Waals surface area contributed by atoms with Crippen LogP contribution in [0.3, 0.4) is 0 Å². The molecule has 0 atom stereocenters. The number of alkyl halides is 3. The van der Waals surface area contributed by atoms with Gasteiger partial charge in [-0.05, 0) is 13.0 Å². The van der Waals surface area contributed by atoms with E-state index in [-0.39, 0.29) is 5.82 Å². The van der Waals surface area contributed by atoms with E-state index in [2.05, 4.69) is 10.1 Å². The number of H-pyrrole nitrogens is 1. The van der Waals surface area contributed by atoms with Gasteiger partial charge in [0.1, 0.15) is 0 Å². The van der Waals surface area contributed by atoms with Gasteiger partial charge in [0.15, 0.2) is 5.82 Å². The lowest BCUT2D eigenvalue weighted by Crippen LogP contribution is -2.07. The van der Waals surface area contributed by atoms with Gasteiger partial charge in [0.05, 0.1) is 0 Å². The smallest absolute Gasteiger partial charge is 0.255 e. The van der Waals surface area contributed by atoms with Crippen molar-refractivity contribution in [2.75, 3.05) is 0 Å². The Labute approximate surface area is 103 Å². The van der Waals surface area contributed by atoms with Crippen LogP contribution < -0.4 is 0 Å². The third kappa shape index (κ3) is 3.32. The second-order valence-corrected chi connectivity index (χ2v) is 3.37. The van der Waals surface area contributed by atoms with Gasteiger partial charge in [0.2, 0.25) is 5.82 Å². The first kappa shape index (κ1) is 14.2. The SMILES string of the molecule is CC.Cc1cccc(-c2n[nH]c(C(F)(F)F)n2)c1. The molecule has 0 fully saturated rings. The summed E-state index contributed by atoms with van der Waals surface area (Å²) in [7, 11) is 0. The number of hydrogen-bond acceptors (Lipinski definition) is 2. The molecule has 1 heterocycles. The molecule has 0 saturated carbocycles. The van der Waals surface area contributed by atoms with Crippen LogP contribution in [0.15, 0.2) is 24.3 Å². The van der Waals surface area contributed by atoms with Gasteiger partial charge >= 0.3 is 6.18 Å². The summed E-state index contributed by atoms with van der Waals surface area (Å²) in [6, 6.07) is 6.98. The maximum Gasteiger partial charge on any atom is 0.451 e. The topological polar surface area (TPSA) is 41.6 Å². The standard InChI is InChI=1S/C10H8F3N3.C2H6/c1-6-3-2-4-7(5-6)8-14-9(16-15-8)10(11,12)13;1-2/h2-5H,1H3,(H,14,15,16);1-2H3. The summed E-state index contributed by atoms with van der Waals surface area (Å²) in [5.74, 6) is -1.03. The van der Waals surface area contributed by atoms with E-state index in [4.69, 9.17) is 0 Å². The number of aryl methyl sites for hydroxylation is 1. The number of aromatic amines is 1. The lowest BCUT2D eigenvalue weighted by atomic mass is 10.1. The van der Waals surface area contributed by atoms with Gasteiger partial charge in [0, 0.05) is 5.56 Å². The number of nitrogens with one attached hydrogen (secondary N) is 1. The number of nitrogens with zero attached hydrogens (tertiary/aromatic N) is 2. The predicted molar refractivity (Wildman–Crippen MR) is 62.9 cm³/mol. The number of halogens is 3. The molecule has 0 bridgehead atoms. The van der Waals surface area contributed by atoms with Crippen LogP contribution in [-0.4, -0.2) is 15.2 Å². The molecule has 1 aromatic heterocycles. The van der Waals surface area contributed by atoms with E-state index in [1.54, 1.807) is 18.2 Å². The highest BCUT2D eigenvalue weighted by atomic mass is 19.4. The van der Waals surface area contributed by atoms with E-state index in [0.29, 0.717) is 5.56 Å². The highest BCUT2D eigenvalue weighted by molar-refractivity contribution is 5.55. The lowest BCUT2D eigenvalue weighted by Gasteiger charge is -1.99. The quantitative estimate of drug-likeness (QED) is 0.843. The fourth-order valence-corrected chi connectivity index (χ4v) is 1.30. The van der Waals surface area contributed by atoms with Crippen LogP contribution >= 0.6 is 0 Å². The summed E-state index contributed by atoms with van der Waals surface area (Å²) < 4.78 is 36.8. The van der Waals surface area contributed by atoms with Crippen molar-refractivity contribution < 1.29 is 13.2 Å². The van der Waals surface area contributed by atoms with Crippen LogP contribution in [0.4, 0.5) is 13.2 Å². The van der Waals surface area contributed by atoms with Gasteiger partial charge in [-0.15, -0.1) is 0 Å². The first-order valence-electron chi connectivity index (χ1n) is 5.53. The number of benzene rings is 1. The molecule has 0 spiro atoms. The molecule has 2 aromatic rings. The van der Waals surface area contributed by atoms with Gasteiger partial charge < -0.3 is 0 Å². The Hall–Kier alpha value is -1.85. The average molecular weight is 257 g/mol. The van der Waals surface area contributed by atoms with Crippen LogP contribution in [-0.2, 0) is 6.18 Å². The Morgan fingerprint density at radius 3 is 2.33 bits per heavy atom. The van der Waals surface area contributed by atoms with Crippen LogP contribution in [0.5, 0.6) is 0 Å². The zero-order valence-electron chi connectivity index (χ0n) is 10.3. The van der Waals surface area contributed by atoms with Crippen molar-refractivity contribution in [2.24, 2.45) is 0 Å². The van der Waals surface area contributed by atoms with Crippen molar-refractivity contribution >= 4 is 0 Å². The molecule has 18 heavy (non-hydrogen) atoms. The molecule has 98 valence electrons. The largest absolute Gasteiger partial charge is 0.451 e. The molecule has 0 aliphatic carbocycles. The predicted octanol–water partition coefficient (Wildman–Crippen LogP) is 3.83. The second-order valence-electron chi connectivity index (χ2n) is 3.37. The fourth-order valence-electron chi connectivity index (χ4n) is 1.30. The third-order valence-corrected chi connectivity index (χ3v) is 2.03. The summed E-state index contributed by atoms with van der Waals surface area (Å²) in [6.45, 7) is 5.85. The number of aromatic nitrogens is 3.